The van der Waals surface area contributed by atoms with Crippen molar-refractivity contribution in [2.75, 3.05) is 5.32 Å². The van der Waals surface area contributed by atoms with Gasteiger partial charge in [0.05, 0.1) is 9.95 Å². The van der Waals surface area contributed by atoms with Crippen LogP contribution >= 0.6 is 11.6 Å². The van der Waals surface area contributed by atoms with Crippen LogP contribution in [0.1, 0.15) is 18.1 Å². The molecule has 0 bridgehead atoms. The Bertz CT molecular complexity index is 632. The second-order valence-electron chi connectivity index (χ2n) is 4.25. The number of aryl methyl sites for hydroxylation is 1. The predicted octanol–water partition coefficient (Wildman–Crippen LogP) is 3.82. The van der Waals surface area contributed by atoms with Crippen molar-refractivity contribution in [3.63, 3.8) is 0 Å². The number of halogens is 1. The van der Waals surface area contributed by atoms with E-state index in [9.17, 15) is 10.1 Å². The molecule has 0 radical (unpaired) electrons. The molecule has 0 saturated carbocycles. The van der Waals surface area contributed by atoms with Gasteiger partial charge >= 0.3 is 5.69 Å². The second kappa shape index (κ2) is 6.34. The van der Waals surface area contributed by atoms with Gasteiger partial charge in [0, 0.05) is 18.8 Å². The van der Waals surface area contributed by atoms with E-state index < -0.39 is 4.92 Å². The highest BCUT2D eigenvalue weighted by Crippen LogP contribution is 2.25. The van der Waals surface area contributed by atoms with Crippen molar-refractivity contribution in [2.45, 2.75) is 19.9 Å². The molecule has 1 aromatic heterocycles. The molecule has 0 aliphatic heterocycles. The zero-order chi connectivity index (χ0) is 14.5. The molecule has 2 aromatic rings. The van der Waals surface area contributed by atoms with Crippen LogP contribution in [0.15, 0.2) is 36.5 Å². The van der Waals surface area contributed by atoms with E-state index in [4.69, 9.17) is 11.6 Å². The Balaban J connectivity index is 2.21. The summed E-state index contributed by atoms with van der Waals surface area (Å²) in [4.78, 5) is 14.5. The van der Waals surface area contributed by atoms with Gasteiger partial charge in [-0.15, -0.1) is 0 Å². The molecule has 1 N–H and O–H groups in total. The number of anilines is 1. The number of nitrogens with one attached hydrogen (secondary N) is 1. The Morgan fingerprint density at radius 3 is 2.70 bits per heavy atom. The van der Waals surface area contributed by atoms with E-state index in [1.807, 2.05) is 24.3 Å². The minimum atomic E-state index is -0.493. The lowest BCUT2D eigenvalue weighted by molar-refractivity contribution is -0.384. The Morgan fingerprint density at radius 1 is 1.35 bits per heavy atom. The fourth-order valence-electron chi connectivity index (χ4n) is 1.96. The molecule has 5 nitrogen and oxygen atoms in total. The molecule has 104 valence electrons. The van der Waals surface area contributed by atoms with E-state index in [1.165, 1.54) is 17.8 Å². The maximum absolute atomic E-state index is 11.0. The van der Waals surface area contributed by atoms with Crippen LogP contribution in [0.5, 0.6) is 0 Å². The van der Waals surface area contributed by atoms with E-state index in [1.54, 1.807) is 0 Å². The molecule has 0 atom stereocenters. The Morgan fingerprint density at radius 2 is 2.05 bits per heavy atom. The van der Waals surface area contributed by atoms with Gasteiger partial charge in [-0.1, -0.05) is 42.8 Å². The fraction of sp³-hybridized carbons (Fsp3) is 0.214. The van der Waals surface area contributed by atoms with Crippen LogP contribution in [0.4, 0.5) is 11.5 Å². The molecular formula is C14H14ClN3O2. The Labute approximate surface area is 121 Å². The number of hydrogen-bond acceptors (Lipinski definition) is 4. The first-order valence-electron chi connectivity index (χ1n) is 6.22. The summed E-state index contributed by atoms with van der Waals surface area (Å²) in [5.41, 5.74) is 2.18. The molecule has 0 fully saturated rings. The summed E-state index contributed by atoms with van der Waals surface area (Å²) in [6.45, 7) is 2.56. The average Bonchev–Trinajstić information content (AvgIpc) is 2.46. The first-order chi connectivity index (χ1) is 9.61. The largest absolute Gasteiger partial charge is 0.360 e. The number of nitro groups is 1. The predicted molar refractivity (Wildman–Crippen MR) is 79.0 cm³/mol. The highest BCUT2D eigenvalue weighted by molar-refractivity contribution is 6.30. The minimum absolute atomic E-state index is 0.119. The topological polar surface area (TPSA) is 68.1 Å². The van der Waals surface area contributed by atoms with E-state index in [-0.39, 0.29) is 16.5 Å². The van der Waals surface area contributed by atoms with Crippen molar-refractivity contribution in [1.82, 2.24) is 4.98 Å². The standard InChI is InChI=1S/C14H14ClN3O2/c1-2-10-5-3-4-6-11(10)8-16-14-13(18(19)20)7-12(15)9-17-14/h3-7,9H,2,8H2,1H3,(H,16,17). The summed E-state index contributed by atoms with van der Waals surface area (Å²) in [5.74, 6) is 0.227. The lowest BCUT2D eigenvalue weighted by Crippen LogP contribution is -2.06. The smallest absolute Gasteiger partial charge is 0.312 e. The van der Waals surface area contributed by atoms with Crippen LogP contribution in [-0.4, -0.2) is 9.91 Å². The van der Waals surface area contributed by atoms with Gasteiger partial charge in [-0.2, -0.15) is 0 Å². The second-order valence-corrected chi connectivity index (χ2v) is 4.69. The number of aromatic nitrogens is 1. The molecule has 0 aliphatic rings. The van der Waals surface area contributed by atoms with E-state index in [2.05, 4.69) is 17.2 Å². The summed E-state index contributed by atoms with van der Waals surface area (Å²) in [6.07, 6.45) is 2.30. The lowest BCUT2D eigenvalue weighted by Gasteiger charge is -2.10. The summed E-state index contributed by atoms with van der Waals surface area (Å²) in [7, 11) is 0. The average molecular weight is 292 g/mol. The third-order valence-electron chi connectivity index (χ3n) is 2.98. The highest BCUT2D eigenvalue weighted by Gasteiger charge is 2.15. The van der Waals surface area contributed by atoms with Crippen molar-refractivity contribution < 1.29 is 4.92 Å². The van der Waals surface area contributed by atoms with Crippen molar-refractivity contribution in [3.05, 3.63) is 62.8 Å². The van der Waals surface area contributed by atoms with Gasteiger partial charge in [0.1, 0.15) is 0 Å². The molecule has 0 amide bonds. The molecule has 1 aromatic carbocycles. The summed E-state index contributed by atoms with van der Waals surface area (Å²) >= 11 is 5.73. The van der Waals surface area contributed by atoms with Crippen molar-refractivity contribution in [2.24, 2.45) is 0 Å². The minimum Gasteiger partial charge on any atom is -0.360 e. The summed E-state index contributed by atoms with van der Waals surface area (Å²) < 4.78 is 0. The van der Waals surface area contributed by atoms with Crippen LogP contribution in [0.25, 0.3) is 0 Å². The number of benzene rings is 1. The van der Waals surface area contributed by atoms with Gasteiger partial charge in [-0.3, -0.25) is 10.1 Å². The summed E-state index contributed by atoms with van der Waals surface area (Å²) in [6, 6.07) is 9.25. The van der Waals surface area contributed by atoms with Gasteiger partial charge in [0.2, 0.25) is 5.82 Å². The van der Waals surface area contributed by atoms with Crippen LogP contribution in [-0.2, 0) is 13.0 Å². The maximum atomic E-state index is 11.0. The van der Waals surface area contributed by atoms with Crippen LogP contribution in [0.2, 0.25) is 5.02 Å². The molecule has 20 heavy (non-hydrogen) atoms. The van der Waals surface area contributed by atoms with Gasteiger partial charge in [-0.25, -0.2) is 4.98 Å². The van der Waals surface area contributed by atoms with Crippen molar-refractivity contribution in [3.8, 4) is 0 Å². The lowest BCUT2D eigenvalue weighted by atomic mass is 10.1. The molecule has 0 spiro atoms. The SMILES string of the molecule is CCc1ccccc1CNc1ncc(Cl)cc1[N+](=O)[O-]. The Hall–Kier alpha value is -2.14. The third-order valence-corrected chi connectivity index (χ3v) is 3.18. The Kier molecular flexibility index (Phi) is 4.53. The first-order valence-corrected chi connectivity index (χ1v) is 6.60. The van der Waals surface area contributed by atoms with Gasteiger partial charge in [0.15, 0.2) is 0 Å². The molecule has 2 rings (SSSR count). The maximum Gasteiger partial charge on any atom is 0.312 e. The van der Waals surface area contributed by atoms with Crippen molar-refractivity contribution >= 4 is 23.1 Å². The molecule has 1 heterocycles. The third kappa shape index (κ3) is 3.24. The molecule has 0 unspecified atom stereocenters. The van der Waals surface area contributed by atoms with Gasteiger partial charge < -0.3 is 5.32 Å². The van der Waals surface area contributed by atoms with E-state index in [0.29, 0.717) is 6.54 Å². The molecule has 6 heteroatoms. The fourth-order valence-corrected chi connectivity index (χ4v) is 2.11. The van der Waals surface area contributed by atoms with E-state index in [0.717, 1.165) is 12.0 Å². The summed E-state index contributed by atoms with van der Waals surface area (Å²) in [5, 5.41) is 14.2. The molecule has 0 aliphatic carbocycles. The quantitative estimate of drug-likeness (QED) is 0.672. The molecule has 0 saturated heterocycles. The zero-order valence-electron chi connectivity index (χ0n) is 11.0. The van der Waals surface area contributed by atoms with Gasteiger partial charge in [-0.05, 0) is 17.5 Å². The number of pyridine rings is 1. The number of nitrogens with zero attached hydrogens (tertiary/aromatic N) is 2. The van der Waals surface area contributed by atoms with Gasteiger partial charge in [0.25, 0.3) is 0 Å². The molecular weight excluding hydrogens is 278 g/mol. The van der Waals surface area contributed by atoms with Crippen LogP contribution in [0.3, 0.4) is 0 Å². The van der Waals surface area contributed by atoms with Crippen LogP contribution < -0.4 is 5.32 Å². The monoisotopic (exact) mass is 291 g/mol. The zero-order valence-corrected chi connectivity index (χ0v) is 11.7. The van der Waals surface area contributed by atoms with Crippen molar-refractivity contribution in [1.29, 1.82) is 0 Å². The van der Waals surface area contributed by atoms with E-state index >= 15 is 0 Å². The highest BCUT2D eigenvalue weighted by atomic mass is 35.5. The first kappa shape index (κ1) is 14.3. The normalized spacial score (nSPS) is 10.3. The van der Waals surface area contributed by atoms with Crippen LogP contribution in [0, 0.1) is 10.1 Å². The number of rotatable bonds is 5. The number of hydrogen-bond donors (Lipinski definition) is 1.